The molecule has 140 valence electrons. The van der Waals surface area contributed by atoms with Gasteiger partial charge < -0.3 is 4.42 Å². The van der Waals surface area contributed by atoms with Crippen LogP contribution in [0.1, 0.15) is 22.7 Å². The molecule has 0 aliphatic carbocycles. The van der Waals surface area contributed by atoms with Crippen LogP contribution in [-0.2, 0) is 29.3 Å². The SMILES string of the molecule is Cc1oc(-c2ccccc2)nc1CN1CCc2nc(S(C)(=O)=O)ncc2C1. The number of aromatic nitrogens is 3. The number of nitrogens with zero attached hydrogens (tertiary/aromatic N) is 4. The zero-order valence-corrected chi connectivity index (χ0v) is 16.0. The summed E-state index contributed by atoms with van der Waals surface area (Å²) in [6, 6.07) is 9.83. The van der Waals surface area contributed by atoms with Gasteiger partial charge in [0.05, 0.1) is 11.4 Å². The van der Waals surface area contributed by atoms with Gasteiger partial charge in [0.25, 0.3) is 0 Å². The van der Waals surface area contributed by atoms with Gasteiger partial charge in [-0.3, -0.25) is 4.90 Å². The zero-order chi connectivity index (χ0) is 19.0. The van der Waals surface area contributed by atoms with Crippen molar-refractivity contribution < 1.29 is 12.8 Å². The first kappa shape index (κ1) is 17.8. The molecule has 4 rings (SSSR count). The second kappa shape index (κ2) is 6.86. The van der Waals surface area contributed by atoms with Crippen LogP contribution in [0.4, 0.5) is 0 Å². The van der Waals surface area contributed by atoms with Crippen molar-refractivity contribution >= 4 is 9.84 Å². The minimum Gasteiger partial charge on any atom is -0.441 e. The van der Waals surface area contributed by atoms with E-state index >= 15 is 0 Å². The molecule has 0 saturated carbocycles. The number of aryl methyl sites for hydroxylation is 1. The summed E-state index contributed by atoms with van der Waals surface area (Å²) in [5, 5.41) is -0.102. The van der Waals surface area contributed by atoms with Gasteiger partial charge in [-0.15, -0.1) is 0 Å². The Kier molecular flexibility index (Phi) is 4.53. The summed E-state index contributed by atoms with van der Waals surface area (Å²) >= 11 is 0. The van der Waals surface area contributed by atoms with E-state index in [4.69, 9.17) is 4.42 Å². The van der Waals surface area contributed by atoms with E-state index in [1.807, 2.05) is 37.3 Å². The Balaban J connectivity index is 1.52. The van der Waals surface area contributed by atoms with Gasteiger partial charge in [0.15, 0.2) is 0 Å². The van der Waals surface area contributed by atoms with E-state index < -0.39 is 9.84 Å². The normalized spacial score (nSPS) is 14.9. The molecule has 27 heavy (non-hydrogen) atoms. The largest absolute Gasteiger partial charge is 0.441 e. The smallest absolute Gasteiger partial charge is 0.246 e. The third-order valence-corrected chi connectivity index (χ3v) is 5.47. The number of oxazole rings is 1. The van der Waals surface area contributed by atoms with E-state index in [-0.39, 0.29) is 5.16 Å². The first-order chi connectivity index (χ1) is 12.9. The molecule has 1 aliphatic heterocycles. The molecule has 0 fully saturated rings. The minimum absolute atomic E-state index is 0.102. The summed E-state index contributed by atoms with van der Waals surface area (Å²) in [5.74, 6) is 1.44. The van der Waals surface area contributed by atoms with E-state index in [0.717, 1.165) is 41.1 Å². The van der Waals surface area contributed by atoms with Crippen molar-refractivity contribution in [3.8, 4) is 11.5 Å². The second-order valence-corrected chi connectivity index (χ2v) is 8.65. The van der Waals surface area contributed by atoms with E-state index in [2.05, 4.69) is 19.9 Å². The van der Waals surface area contributed by atoms with Crippen molar-refractivity contribution in [1.29, 1.82) is 0 Å². The molecule has 3 heterocycles. The van der Waals surface area contributed by atoms with Crippen molar-refractivity contribution in [3.05, 3.63) is 59.2 Å². The second-order valence-electron chi connectivity index (χ2n) is 6.75. The number of sulfone groups is 1. The van der Waals surface area contributed by atoms with Crippen LogP contribution in [0.15, 0.2) is 46.1 Å². The molecular formula is C19H20N4O3S. The monoisotopic (exact) mass is 384 g/mol. The number of benzene rings is 1. The summed E-state index contributed by atoms with van der Waals surface area (Å²) in [7, 11) is -3.39. The maximum atomic E-state index is 11.6. The standard InChI is InChI=1S/C19H20N4O3S/c1-13-17(21-18(26-13)14-6-4-3-5-7-14)12-23-9-8-16-15(11-23)10-20-19(22-16)27(2,24)25/h3-7,10H,8-9,11-12H2,1-2H3. The van der Waals surface area contributed by atoms with Crippen LogP contribution in [0.3, 0.4) is 0 Å². The van der Waals surface area contributed by atoms with Gasteiger partial charge in [-0.1, -0.05) is 18.2 Å². The quantitative estimate of drug-likeness (QED) is 0.638. The fraction of sp³-hybridized carbons (Fsp3) is 0.316. The third kappa shape index (κ3) is 3.77. The maximum absolute atomic E-state index is 11.6. The van der Waals surface area contributed by atoms with Crippen molar-refractivity contribution in [1.82, 2.24) is 19.9 Å². The van der Waals surface area contributed by atoms with Crippen molar-refractivity contribution in [3.63, 3.8) is 0 Å². The molecule has 8 heteroatoms. The lowest BCUT2D eigenvalue weighted by Crippen LogP contribution is -2.31. The van der Waals surface area contributed by atoms with Gasteiger partial charge in [0.2, 0.25) is 20.9 Å². The molecule has 0 N–H and O–H groups in total. The Labute approximate surface area is 158 Å². The molecule has 0 amide bonds. The van der Waals surface area contributed by atoms with Crippen LogP contribution in [0.5, 0.6) is 0 Å². The molecule has 0 atom stereocenters. The van der Waals surface area contributed by atoms with Crippen molar-refractivity contribution in [2.45, 2.75) is 31.6 Å². The van der Waals surface area contributed by atoms with Crippen LogP contribution in [-0.4, -0.2) is 41.1 Å². The van der Waals surface area contributed by atoms with Gasteiger partial charge in [0.1, 0.15) is 5.76 Å². The fourth-order valence-corrected chi connectivity index (χ4v) is 3.68. The molecule has 2 aromatic heterocycles. The highest BCUT2D eigenvalue weighted by molar-refractivity contribution is 7.90. The average Bonchev–Trinajstić information content (AvgIpc) is 3.02. The molecular weight excluding hydrogens is 364 g/mol. The third-order valence-electron chi connectivity index (χ3n) is 4.61. The summed E-state index contributed by atoms with van der Waals surface area (Å²) in [6.07, 6.45) is 3.43. The van der Waals surface area contributed by atoms with Crippen molar-refractivity contribution in [2.75, 3.05) is 12.8 Å². The molecule has 0 saturated heterocycles. The lowest BCUT2D eigenvalue weighted by molar-refractivity contribution is 0.238. The number of hydrogen-bond donors (Lipinski definition) is 0. The highest BCUT2D eigenvalue weighted by atomic mass is 32.2. The van der Waals surface area contributed by atoms with Crippen LogP contribution in [0, 0.1) is 6.92 Å². The molecule has 0 bridgehead atoms. The molecule has 0 spiro atoms. The Bertz CT molecular complexity index is 1080. The van der Waals surface area contributed by atoms with Crippen LogP contribution in [0.2, 0.25) is 0 Å². The topological polar surface area (TPSA) is 89.2 Å². The number of fused-ring (bicyclic) bond motifs is 1. The highest BCUT2D eigenvalue weighted by Gasteiger charge is 2.23. The Hall–Kier alpha value is -2.58. The summed E-state index contributed by atoms with van der Waals surface area (Å²) < 4.78 is 29.1. The van der Waals surface area contributed by atoms with Gasteiger partial charge in [-0.2, -0.15) is 0 Å². The molecule has 3 aromatic rings. The molecule has 0 radical (unpaired) electrons. The number of hydrogen-bond acceptors (Lipinski definition) is 7. The van der Waals surface area contributed by atoms with Crippen LogP contribution < -0.4 is 0 Å². The zero-order valence-electron chi connectivity index (χ0n) is 15.2. The predicted octanol–water partition coefficient (Wildman–Crippen LogP) is 2.40. The Morgan fingerprint density at radius 1 is 1.19 bits per heavy atom. The van der Waals surface area contributed by atoms with Gasteiger partial charge >= 0.3 is 0 Å². The summed E-state index contributed by atoms with van der Waals surface area (Å²) in [6.45, 7) is 4.02. The van der Waals surface area contributed by atoms with E-state index in [1.165, 1.54) is 0 Å². The summed E-state index contributed by atoms with van der Waals surface area (Å²) in [5.41, 5.74) is 3.63. The minimum atomic E-state index is -3.39. The Morgan fingerprint density at radius 3 is 2.70 bits per heavy atom. The van der Waals surface area contributed by atoms with E-state index in [0.29, 0.717) is 25.4 Å². The van der Waals surface area contributed by atoms with Gasteiger partial charge in [-0.25, -0.2) is 23.4 Å². The van der Waals surface area contributed by atoms with Crippen LogP contribution in [0.25, 0.3) is 11.5 Å². The van der Waals surface area contributed by atoms with Gasteiger partial charge in [0, 0.05) is 49.6 Å². The fourth-order valence-electron chi connectivity index (χ4n) is 3.16. The maximum Gasteiger partial charge on any atom is 0.246 e. The van der Waals surface area contributed by atoms with Crippen molar-refractivity contribution in [2.24, 2.45) is 0 Å². The van der Waals surface area contributed by atoms with E-state index in [9.17, 15) is 8.42 Å². The highest BCUT2D eigenvalue weighted by Crippen LogP contribution is 2.24. The molecule has 1 aromatic carbocycles. The molecule has 7 nitrogen and oxygen atoms in total. The first-order valence-corrected chi connectivity index (χ1v) is 10.6. The first-order valence-electron chi connectivity index (χ1n) is 8.69. The average molecular weight is 384 g/mol. The number of rotatable bonds is 4. The molecule has 1 aliphatic rings. The van der Waals surface area contributed by atoms with Gasteiger partial charge in [-0.05, 0) is 19.1 Å². The van der Waals surface area contributed by atoms with E-state index in [1.54, 1.807) is 6.20 Å². The van der Waals surface area contributed by atoms with Crippen LogP contribution >= 0.6 is 0 Å². The lowest BCUT2D eigenvalue weighted by atomic mass is 10.1. The Morgan fingerprint density at radius 2 is 1.96 bits per heavy atom. The predicted molar refractivity (Wildman–Crippen MR) is 99.6 cm³/mol. The lowest BCUT2D eigenvalue weighted by Gasteiger charge is -2.27. The molecule has 0 unspecified atom stereocenters. The summed E-state index contributed by atoms with van der Waals surface area (Å²) in [4.78, 5) is 15.1.